The van der Waals surface area contributed by atoms with Gasteiger partial charge in [0.25, 0.3) is 0 Å². The largest absolute Gasteiger partial charge is 0.309 e. The van der Waals surface area contributed by atoms with Crippen LogP contribution in [0.25, 0.3) is 0 Å². The minimum absolute atomic E-state index is 0.518. The second-order valence-corrected chi connectivity index (χ2v) is 4.20. The molecule has 0 unspecified atom stereocenters. The van der Waals surface area contributed by atoms with Crippen molar-refractivity contribution in [3.63, 3.8) is 0 Å². The highest BCUT2D eigenvalue weighted by Crippen LogP contribution is 2.27. The molecule has 0 amide bonds. The summed E-state index contributed by atoms with van der Waals surface area (Å²) < 4.78 is 0. The van der Waals surface area contributed by atoms with Gasteiger partial charge in [0.15, 0.2) is 0 Å². The Bertz CT molecular complexity index is 267. The lowest BCUT2D eigenvalue weighted by Crippen LogP contribution is -2.26. The number of thiazole rings is 1. The van der Waals surface area contributed by atoms with Gasteiger partial charge in [-0.15, -0.1) is 11.3 Å². The lowest BCUT2D eigenvalue weighted by atomic mass is 10.1. The molecule has 0 aromatic carbocycles. The number of hydrogen-bond acceptors (Lipinski definition) is 3. The number of fused-ring (bicyclic) bond motifs is 1. The van der Waals surface area contributed by atoms with Gasteiger partial charge >= 0.3 is 0 Å². The summed E-state index contributed by atoms with van der Waals surface area (Å²) in [5.41, 5.74) is 1.32. The van der Waals surface area contributed by atoms with Crippen LogP contribution in [0.1, 0.15) is 28.5 Å². The zero-order valence-corrected chi connectivity index (χ0v) is 7.66. The van der Waals surface area contributed by atoms with Crippen LogP contribution in [0.2, 0.25) is 0 Å². The van der Waals surface area contributed by atoms with Crippen LogP contribution in [0.3, 0.4) is 0 Å². The van der Waals surface area contributed by atoms with Crippen molar-refractivity contribution in [2.75, 3.05) is 6.54 Å². The van der Waals surface area contributed by atoms with Crippen LogP contribution in [-0.2, 0) is 6.42 Å². The second kappa shape index (κ2) is 2.57. The molecule has 1 N–H and O–H groups in total. The van der Waals surface area contributed by atoms with E-state index in [9.17, 15) is 0 Å². The summed E-state index contributed by atoms with van der Waals surface area (Å²) in [5, 5.41) is 4.62. The zero-order valence-electron chi connectivity index (χ0n) is 6.85. The summed E-state index contributed by atoms with van der Waals surface area (Å²) in [6.45, 7) is 5.36. The van der Waals surface area contributed by atoms with Crippen molar-refractivity contribution in [3.8, 4) is 0 Å². The topological polar surface area (TPSA) is 24.9 Å². The number of nitrogens with one attached hydrogen (secondary N) is 1. The van der Waals surface area contributed by atoms with Crippen molar-refractivity contribution in [3.05, 3.63) is 15.6 Å². The highest BCUT2D eigenvalue weighted by Gasteiger charge is 2.18. The monoisotopic (exact) mass is 168 g/mol. The SMILES string of the molecule is Cc1nc2c(s1)[C@@H](C)NCC2. The molecule has 1 aliphatic heterocycles. The number of hydrogen-bond donors (Lipinski definition) is 1. The Kier molecular flexibility index (Phi) is 1.69. The van der Waals surface area contributed by atoms with Gasteiger partial charge in [-0.1, -0.05) is 0 Å². The molecular weight excluding hydrogens is 156 g/mol. The first-order valence-electron chi connectivity index (χ1n) is 3.97. The Balaban J connectivity index is 2.43. The smallest absolute Gasteiger partial charge is 0.0900 e. The van der Waals surface area contributed by atoms with Gasteiger partial charge in [0.2, 0.25) is 0 Å². The van der Waals surface area contributed by atoms with Crippen molar-refractivity contribution >= 4 is 11.3 Å². The van der Waals surface area contributed by atoms with Crippen LogP contribution in [0.4, 0.5) is 0 Å². The van der Waals surface area contributed by atoms with Crippen molar-refractivity contribution in [1.82, 2.24) is 10.3 Å². The molecule has 1 aliphatic rings. The van der Waals surface area contributed by atoms with Gasteiger partial charge in [-0.2, -0.15) is 0 Å². The molecule has 2 rings (SSSR count). The maximum absolute atomic E-state index is 4.48. The minimum atomic E-state index is 0.518. The predicted molar refractivity (Wildman–Crippen MR) is 47.0 cm³/mol. The quantitative estimate of drug-likeness (QED) is 0.637. The normalized spacial score (nSPS) is 23.3. The van der Waals surface area contributed by atoms with Crippen LogP contribution in [0, 0.1) is 6.92 Å². The highest BCUT2D eigenvalue weighted by molar-refractivity contribution is 7.11. The maximum Gasteiger partial charge on any atom is 0.0900 e. The maximum atomic E-state index is 4.48. The third kappa shape index (κ3) is 1.19. The van der Waals surface area contributed by atoms with Gasteiger partial charge in [0.05, 0.1) is 10.7 Å². The first-order chi connectivity index (χ1) is 5.27. The summed E-state index contributed by atoms with van der Waals surface area (Å²) in [6.07, 6.45) is 1.10. The highest BCUT2D eigenvalue weighted by atomic mass is 32.1. The molecule has 0 saturated carbocycles. The Hall–Kier alpha value is -0.410. The van der Waals surface area contributed by atoms with Crippen molar-refractivity contribution in [2.45, 2.75) is 26.3 Å². The Labute approximate surface area is 70.7 Å². The van der Waals surface area contributed by atoms with E-state index in [4.69, 9.17) is 0 Å². The molecule has 1 aromatic heterocycles. The first-order valence-corrected chi connectivity index (χ1v) is 4.78. The van der Waals surface area contributed by atoms with Crippen molar-refractivity contribution < 1.29 is 0 Å². The van der Waals surface area contributed by atoms with Gasteiger partial charge in [-0.3, -0.25) is 0 Å². The number of aromatic nitrogens is 1. The fourth-order valence-electron chi connectivity index (χ4n) is 1.50. The fraction of sp³-hybridized carbons (Fsp3) is 0.625. The van der Waals surface area contributed by atoms with Gasteiger partial charge in [0, 0.05) is 23.9 Å². The third-order valence-corrected chi connectivity index (χ3v) is 3.24. The Morgan fingerprint density at radius 2 is 2.45 bits per heavy atom. The van der Waals surface area contributed by atoms with Crippen LogP contribution in [-0.4, -0.2) is 11.5 Å². The fourth-order valence-corrected chi connectivity index (χ4v) is 2.50. The second-order valence-electron chi connectivity index (χ2n) is 2.97. The number of nitrogens with zero attached hydrogens (tertiary/aromatic N) is 1. The zero-order chi connectivity index (χ0) is 7.84. The van der Waals surface area contributed by atoms with E-state index in [1.165, 1.54) is 15.6 Å². The number of aryl methyl sites for hydroxylation is 1. The summed E-state index contributed by atoms with van der Waals surface area (Å²) in [7, 11) is 0. The van der Waals surface area contributed by atoms with E-state index >= 15 is 0 Å². The molecule has 60 valence electrons. The van der Waals surface area contributed by atoms with E-state index < -0.39 is 0 Å². The molecule has 0 spiro atoms. The molecule has 0 aliphatic carbocycles. The molecular formula is C8H12N2S. The van der Waals surface area contributed by atoms with Crippen LogP contribution in [0.5, 0.6) is 0 Å². The Morgan fingerprint density at radius 3 is 3.18 bits per heavy atom. The molecule has 0 saturated heterocycles. The van der Waals surface area contributed by atoms with Gasteiger partial charge in [-0.25, -0.2) is 4.98 Å². The van der Waals surface area contributed by atoms with E-state index in [1.54, 1.807) is 0 Å². The Morgan fingerprint density at radius 1 is 1.64 bits per heavy atom. The molecule has 2 nitrogen and oxygen atoms in total. The summed E-state index contributed by atoms with van der Waals surface area (Å²) in [4.78, 5) is 5.92. The molecule has 0 fully saturated rings. The van der Waals surface area contributed by atoms with E-state index in [-0.39, 0.29) is 0 Å². The van der Waals surface area contributed by atoms with E-state index in [0.717, 1.165) is 13.0 Å². The molecule has 11 heavy (non-hydrogen) atoms. The lowest BCUT2D eigenvalue weighted by molar-refractivity contribution is 0.544. The van der Waals surface area contributed by atoms with Crippen LogP contribution >= 0.6 is 11.3 Å². The number of rotatable bonds is 0. The predicted octanol–water partition coefficient (Wildman–Crippen LogP) is 1.66. The molecule has 1 aromatic rings. The van der Waals surface area contributed by atoms with Crippen molar-refractivity contribution in [1.29, 1.82) is 0 Å². The third-order valence-electron chi connectivity index (χ3n) is 2.04. The van der Waals surface area contributed by atoms with Gasteiger partial charge < -0.3 is 5.32 Å². The van der Waals surface area contributed by atoms with E-state index in [1.807, 2.05) is 11.3 Å². The average molecular weight is 168 g/mol. The summed E-state index contributed by atoms with van der Waals surface area (Å²) >= 11 is 1.82. The van der Waals surface area contributed by atoms with Gasteiger partial charge in [0.1, 0.15) is 0 Å². The molecule has 1 atom stereocenters. The molecule has 3 heteroatoms. The average Bonchev–Trinajstić information content (AvgIpc) is 2.31. The first kappa shape index (κ1) is 7.25. The molecule has 0 bridgehead atoms. The van der Waals surface area contributed by atoms with Crippen LogP contribution in [0.15, 0.2) is 0 Å². The van der Waals surface area contributed by atoms with E-state index in [2.05, 4.69) is 24.1 Å². The summed E-state index contributed by atoms with van der Waals surface area (Å²) in [6, 6.07) is 0.518. The van der Waals surface area contributed by atoms with Gasteiger partial charge in [-0.05, 0) is 13.8 Å². The van der Waals surface area contributed by atoms with Crippen molar-refractivity contribution in [2.24, 2.45) is 0 Å². The standard InChI is InChI=1S/C8H12N2S/c1-5-8-7(3-4-9-5)10-6(2)11-8/h5,9H,3-4H2,1-2H3/t5-/m1/s1. The lowest BCUT2D eigenvalue weighted by Gasteiger charge is -2.18. The molecule has 2 heterocycles. The molecule has 0 radical (unpaired) electrons. The van der Waals surface area contributed by atoms with Crippen LogP contribution < -0.4 is 5.32 Å². The van der Waals surface area contributed by atoms with E-state index in [0.29, 0.717) is 6.04 Å². The minimum Gasteiger partial charge on any atom is -0.309 e. The summed E-state index contributed by atoms with van der Waals surface area (Å²) in [5.74, 6) is 0.